The van der Waals surface area contributed by atoms with E-state index < -0.39 is 23.4 Å². The SMILES string of the molecule is CC(=O)Nc1cccc2c1N(Cc1ccccn1)C(=O)C(CC(=O)[C@@H](CC(C)C)NC(=O)C(C)(C)N)C2. The molecule has 0 saturated carbocycles. The number of ketones is 1. The van der Waals surface area contributed by atoms with Gasteiger partial charge >= 0.3 is 0 Å². The first-order valence-corrected chi connectivity index (χ1v) is 12.6. The summed E-state index contributed by atoms with van der Waals surface area (Å²) in [7, 11) is 0. The predicted molar refractivity (Wildman–Crippen MR) is 143 cm³/mol. The van der Waals surface area contributed by atoms with Gasteiger partial charge in [-0.15, -0.1) is 0 Å². The predicted octanol–water partition coefficient (Wildman–Crippen LogP) is 2.97. The van der Waals surface area contributed by atoms with Gasteiger partial charge in [0.25, 0.3) is 0 Å². The fraction of sp³-hybridized carbons (Fsp3) is 0.464. The molecular weight excluding hydrogens is 470 g/mol. The quantitative estimate of drug-likeness (QED) is 0.453. The number of benzene rings is 1. The maximum Gasteiger partial charge on any atom is 0.240 e. The number of nitrogens with zero attached hydrogens (tertiary/aromatic N) is 2. The van der Waals surface area contributed by atoms with Gasteiger partial charge in [0.05, 0.1) is 35.2 Å². The summed E-state index contributed by atoms with van der Waals surface area (Å²) < 4.78 is 0. The summed E-state index contributed by atoms with van der Waals surface area (Å²) >= 11 is 0. The highest BCUT2D eigenvalue weighted by molar-refractivity contribution is 6.05. The molecule has 9 nitrogen and oxygen atoms in total. The van der Waals surface area contributed by atoms with E-state index in [4.69, 9.17) is 5.73 Å². The first kappa shape index (κ1) is 28.0. The Labute approximate surface area is 218 Å². The van der Waals surface area contributed by atoms with Crippen LogP contribution >= 0.6 is 0 Å². The maximum absolute atomic E-state index is 13.8. The average Bonchev–Trinajstić information content (AvgIpc) is 2.80. The van der Waals surface area contributed by atoms with Crippen molar-refractivity contribution < 1.29 is 19.2 Å². The molecule has 198 valence electrons. The standard InChI is InChI=1S/C28H37N5O4/c1-17(2)13-23(32-27(37)28(4,5)29)24(35)15-20-14-19-9-8-11-22(31-18(3)34)25(19)33(26(20)36)16-21-10-6-7-12-30-21/h6-12,17,20,23H,13-16,29H2,1-5H3,(H,31,34)(H,32,37)/t20?,23-/m1/s1. The number of hydrogen-bond donors (Lipinski definition) is 3. The minimum atomic E-state index is -1.13. The Morgan fingerprint density at radius 2 is 1.89 bits per heavy atom. The summed E-state index contributed by atoms with van der Waals surface area (Å²) in [6.07, 6.45) is 2.42. The molecule has 1 aliphatic rings. The van der Waals surface area contributed by atoms with Crippen LogP contribution in [0.3, 0.4) is 0 Å². The van der Waals surface area contributed by atoms with Gasteiger partial charge in [-0.05, 0) is 56.4 Å². The number of carbonyl (C=O) groups is 4. The van der Waals surface area contributed by atoms with Crippen LogP contribution in [0, 0.1) is 11.8 Å². The Morgan fingerprint density at radius 1 is 1.16 bits per heavy atom. The molecule has 3 amide bonds. The molecule has 0 radical (unpaired) electrons. The third-order valence-electron chi connectivity index (χ3n) is 6.26. The van der Waals surface area contributed by atoms with Crippen molar-refractivity contribution in [1.29, 1.82) is 0 Å². The van der Waals surface area contributed by atoms with Gasteiger partial charge in [0, 0.05) is 25.5 Å². The number of aromatic nitrogens is 1. The molecule has 2 aromatic rings. The molecule has 1 aromatic heterocycles. The summed E-state index contributed by atoms with van der Waals surface area (Å²) in [4.78, 5) is 57.7. The zero-order valence-electron chi connectivity index (χ0n) is 22.2. The molecule has 9 heteroatoms. The van der Waals surface area contributed by atoms with E-state index in [9.17, 15) is 19.2 Å². The number of hydrogen-bond acceptors (Lipinski definition) is 6. The van der Waals surface area contributed by atoms with Gasteiger partial charge in [0.2, 0.25) is 17.7 Å². The van der Waals surface area contributed by atoms with Crippen LogP contribution in [-0.4, -0.2) is 40.1 Å². The van der Waals surface area contributed by atoms with E-state index in [-0.39, 0.29) is 36.5 Å². The molecule has 0 saturated heterocycles. The van der Waals surface area contributed by atoms with Crippen molar-refractivity contribution in [3.63, 3.8) is 0 Å². The van der Waals surface area contributed by atoms with Gasteiger partial charge in [0.15, 0.2) is 5.78 Å². The molecular formula is C28H37N5O4. The Bertz CT molecular complexity index is 1160. The van der Waals surface area contributed by atoms with Crippen LogP contribution in [0.2, 0.25) is 0 Å². The van der Waals surface area contributed by atoms with Crippen LogP contribution in [0.1, 0.15) is 58.7 Å². The Kier molecular flexibility index (Phi) is 8.81. The molecule has 37 heavy (non-hydrogen) atoms. The minimum absolute atomic E-state index is 0.0238. The van der Waals surface area contributed by atoms with Crippen LogP contribution < -0.4 is 21.3 Å². The van der Waals surface area contributed by atoms with Gasteiger partial charge in [-0.25, -0.2) is 0 Å². The molecule has 1 aliphatic heterocycles. The number of pyridine rings is 1. The lowest BCUT2D eigenvalue weighted by atomic mass is 9.85. The van der Waals surface area contributed by atoms with E-state index in [0.717, 1.165) is 5.56 Å². The zero-order valence-corrected chi connectivity index (χ0v) is 22.2. The van der Waals surface area contributed by atoms with Gasteiger partial charge in [0.1, 0.15) is 0 Å². The first-order chi connectivity index (χ1) is 17.4. The van der Waals surface area contributed by atoms with Gasteiger partial charge < -0.3 is 21.3 Å². The summed E-state index contributed by atoms with van der Waals surface area (Å²) in [5.41, 5.74) is 7.50. The molecule has 0 bridgehead atoms. The molecule has 0 spiro atoms. The lowest BCUT2D eigenvalue weighted by Crippen LogP contribution is -2.54. The lowest BCUT2D eigenvalue weighted by Gasteiger charge is -2.36. The van der Waals surface area contributed by atoms with Crippen molar-refractivity contribution in [2.24, 2.45) is 17.6 Å². The van der Waals surface area contributed by atoms with E-state index in [2.05, 4.69) is 15.6 Å². The number of amides is 3. The van der Waals surface area contributed by atoms with E-state index in [1.54, 1.807) is 37.1 Å². The van der Waals surface area contributed by atoms with E-state index >= 15 is 0 Å². The highest BCUT2D eigenvalue weighted by atomic mass is 16.2. The molecule has 1 unspecified atom stereocenters. The van der Waals surface area contributed by atoms with Crippen molar-refractivity contribution in [2.45, 2.75) is 72.0 Å². The second-order valence-corrected chi connectivity index (χ2v) is 10.7. The number of fused-ring (bicyclic) bond motifs is 1. The highest BCUT2D eigenvalue weighted by Gasteiger charge is 2.38. The fourth-order valence-corrected chi connectivity index (χ4v) is 4.49. The van der Waals surface area contributed by atoms with Crippen molar-refractivity contribution in [3.05, 3.63) is 53.9 Å². The molecule has 2 atom stereocenters. The van der Waals surface area contributed by atoms with Crippen molar-refractivity contribution >= 4 is 34.9 Å². The molecule has 0 fully saturated rings. The molecule has 3 rings (SSSR count). The second kappa shape index (κ2) is 11.6. The number of anilines is 2. The van der Waals surface area contributed by atoms with Gasteiger partial charge in [-0.2, -0.15) is 0 Å². The number of para-hydroxylation sites is 1. The average molecular weight is 508 g/mol. The summed E-state index contributed by atoms with van der Waals surface area (Å²) in [6, 6.07) is 10.2. The van der Waals surface area contributed by atoms with Crippen molar-refractivity contribution in [3.8, 4) is 0 Å². The van der Waals surface area contributed by atoms with E-state index in [0.29, 0.717) is 29.9 Å². The Hall–Kier alpha value is -3.59. The fourth-order valence-electron chi connectivity index (χ4n) is 4.49. The number of nitrogens with two attached hydrogens (primary N) is 1. The summed E-state index contributed by atoms with van der Waals surface area (Å²) in [5, 5.41) is 5.62. The van der Waals surface area contributed by atoms with Crippen molar-refractivity contribution in [2.75, 3.05) is 10.2 Å². The Balaban J connectivity index is 1.93. The normalized spacial score (nSPS) is 16.2. The topological polar surface area (TPSA) is 134 Å². The van der Waals surface area contributed by atoms with Crippen LogP contribution in [0.5, 0.6) is 0 Å². The summed E-state index contributed by atoms with van der Waals surface area (Å²) in [5.74, 6) is -1.55. The molecule has 4 N–H and O–H groups in total. The van der Waals surface area contributed by atoms with Gasteiger partial charge in [-0.1, -0.05) is 32.0 Å². The number of rotatable bonds is 10. The zero-order chi connectivity index (χ0) is 27.3. The van der Waals surface area contributed by atoms with Crippen LogP contribution in [-0.2, 0) is 32.1 Å². The largest absolute Gasteiger partial charge is 0.345 e. The Morgan fingerprint density at radius 3 is 2.49 bits per heavy atom. The van der Waals surface area contributed by atoms with Crippen LogP contribution in [0.15, 0.2) is 42.6 Å². The third-order valence-corrected chi connectivity index (χ3v) is 6.26. The molecule has 1 aromatic carbocycles. The number of nitrogens with one attached hydrogen (secondary N) is 2. The minimum Gasteiger partial charge on any atom is -0.345 e. The van der Waals surface area contributed by atoms with E-state index in [1.165, 1.54) is 6.92 Å². The maximum atomic E-state index is 13.8. The monoisotopic (exact) mass is 507 g/mol. The number of carbonyl (C=O) groups excluding carboxylic acids is 4. The summed E-state index contributed by atoms with van der Waals surface area (Å²) in [6.45, 7) is 8.73. The van der Waals surface area contributed by atoms with Crippen LogP contribution in [0.4, 0.5) is 11.4 Å². The molecule has 0 aliphatic carbocycles. The number of Topliss-reactive ketones (excluding diaryl/α,β-unsaturated/α-hetero) is 1. The molecule has 2 heterocycles. The van der Waals surface area contributed by atoms with Crippen LogP contribution in [0.25, 0.3) is 0 Å². The first-order valence-electron chi connectivity index (χ1n) is 12.6. The van der Waals surface area contributed by atoms with Crippen molar-refractivity contribution in [1.82, 2.24) is 10.3 Å². The lowest BCUT2D eigenvalue weighted by molar-refractivity contribution is -0.132. The third kappa shape index (κ3) is 7.22. The smallest absolute Gasteiger partial charge is 0.240 e. The highest BCUT2D eigenvalue weighted by Crippen LogP contribution is 2.39. The second-order valence-electron chi connectivity index (χ2n) is 10.7. The van der Waals surface area contributed by atoms with Gasteiger partial charge in [-0.3, -0.25) is 24.2 Å². The van der Waals surface area contributed by atoms with E-state index in [1.807, 2.05) is 38.1 Å².